The van der Waals surface area contributed by atoms with Gasteiger partial charge in [0.2, 0.25) is 5.91 Å². The molecule has 0 heterocycles. The van der Waals surface area contributed by atoms with E-state index < -0.39 is 54.6 Å². The number of carbonyl (C=O) groups excluding carboxylic acids is 1. The molecule has 0 aliphatic rings. The van der Waals surface area contributed by atoms with E-state index in [1.54, 1.807) is 5.32 Å². The summed E-state index contributed by atoms with van der Waals surface area (Å²) in [6.45, 7) is 0. The molecular formula is C9H11NO9. The van der Waals surface area contributed by atoms with Gasteiger partial charge in [0.05, 0.1) is 12.8 Å². The van der Waals surface area contributed by atoms with Crippen molar-refractivity contribution in [2.24, 2.45) is 5.92 Å². The van der Waals surface area contributed by atoms with Gasteiger partial charge in [-0.05, 0) is 0 Å². The Hall–Kier alpha value is -2.65. The number of hydrogen-bond donors (Lipinski definition) is 5. The van der Waals surface area contributed by atoms with Crippen LogP contribution in [-0.2, 0) is 24.0 Å². The van der Waals surface area contributed by atoms with E-state index in [0.717, 1.165) is 0 Å². The molecule has 106 valence electrons. The van der Waals surface area contributed by atoms with E-state index in [9.17, 15) is 24.0 Å². The summed E-state index contributed by atoms with van der Waals surface area (Å²) >= 11 is 0. The molecule has 0 aromatic carbocycles. The number of nitrogens with one attached hydrogen (secondary N) is 1. The molecule has 0 fully saturated rings. The van der Waals surface area contributed by atoms with E-state index in [1.165, 1.54) is 0 Å². The quantitative estimate of drug-likeness (QED) is 0.320. The maximum Gasteiger partial charge on any atom is 0.326 e. The highest BCUT2D eigenvalue weighted by Gasteiger charge is 2.31. The van der Waals surface area contributed by atoms with Gasteiger partial charge >= 0.3 is 23.9 Å². The van der Waals surface area contributed by atoms with Gasteiger partial charge in [0.1, 0.15) is 6.04 Å². The lowest BCUT2D eigenvalue weighted by atomic mass is 10.1. The predicted octanol–water partition coefficient (Wildman–Crippen LogP) is -1.79. The third-order valence-electron chi connectivity index (χ3n) is 2.00. The molecule has 0 aromatic rings. The number of carboxylic acid groups (broad SMARTS) is 4. The summed E-state index contributed by atoms with van der Waals surface area (Å²) in [4.78, 5) is 53.2. The Morgan fingerprint density at radius 1 is 0.789 bits per heavy atom. The normalized spacial score (nSPS) is 11.6. The van der Waals surface area contributed by atoms with Gasteiger partial charge in [-0.1, -0.05) is 0 Å². The fraction of sp³-hybridized carbons (Fsp3) is 0.444. The summed E-state index contributed by atoms with van der Waals surface area (Å²) in [5, 5.41) is 35.8. The van der Waals surface area contributed by atoms with Crippen LogP contribution in [-0.4, -0.2) is 56.3 Å². The van der Waals surface area contributed by atoms with Crippen LogP contribution in [0, 0.1) is 5.92 Å². The van der Waals surface area contributed by atoms with Crippen molar-refractivity contribution in [3.8, 4) is 0 Å². The van der Waals surface area contributed by atoms with Crippen molar-refractivity contribution in [3.05, 3.63) is 0 Å². The highest BCUT2D eigenvalue weighted by Crippen LogP contribution is 2.05. The fourth-order valence-corrected chi connectivity index (χ4v) is 1.09. The molecule has 10 nitrogen and oxygen atoms in total. The summed E-state index contributed by atoms with van der Waals surface area (Å²) in [6.07, 6.45) is -1.90. The first kappa shape index (κ1) is 16.4. The number of carbonyl (C=O) groups is 5. The van der Waals surface area contributed by atoms with E-state index >= 15 is 0 Å². The zero-order valence-corrected chi connectivity index (χ0v) is 9.40. The summed E-state index contributed by atoms with van der Waals surface area (Å²) < 4.78 is 0. The maximum atomic E-state index is 11.3. The molecule has 19 heavy (non-hydrogen) atoms. The van der Waals surface area contributed by atoms with Crippen molar-refractivity contribution in [3.63, 3.8) is 0 Å². The van der Waals surface area contributed by atoms with Crippen molar-refractivity contribution < 1.29 is 44.4 Å². The van der Waals surface area contributed by atoms with Gasteiger partial charge in [-0.2, -0.15) is 0 Å². The minimum absolute atomic E-state index is 0.911. The molecule has 0 saturated heterocycles. The average Bonchev–Trinajstić information content (AvgIpc) is 2.23. The Labute approximate surface area is 105 Å². The summed E-state index contributed by atoms with van der Waals surface area (Å²) in [7, 11) is 0. The van der Waals surface area contributed by atoms with E-state index in [-0.39, 0.29) is 0 Å². The van der Waals surface area contributed by atoms with Crippen LogP contribution in [0.5, 0.6) is 0 Å². The van der Waals surface area contributed by atoms with Crippen molar-refractivity contribution in [2.45, 2.75) is 18.9 Å². The number of aliphatic carboxylic acids is 4. The van der Waals surface area contributed by atoms with Crippen LogP contribution in [0.15, 0.2) is 0 Å². The Morgan fingerprint density at radius 2 is 1.26 bits per heavy atom. The van der Waals surface area contributed by atoms with E-state index in [1.807, 2.05) is 0 Å². The molecule has 0 spiro atoms. The number of amides is 1. The molecule has 0 aromatic heterocycles. The van der Waals surface area contributed by atoms with Gasteiger partial charge in [0.25, 0.3) is 0 Å². The molecule has 0 rings (SSSR count). The third-order valence-corrected chi connectivity index (χ3v) is 2.00. The second-order valence-corrected chi connectivity index (χ2v) is 3.49. The zero-order chi connectivity index (χ0) is 15.2. The SMILES string of the molecule is O=C(O)C[C@H](NC(=O)CC(C(=O)O)C(=O)O)C(=O)O. The predicted molar refractivity (Wildman–Crippen MR) is 55.2 cm³/mol. The van der Waals surface area contributed by atoms with Gasteiger partial charge in [-0.15, -0.1) is 0 Å². The van der Waals surface area contributed by atoms with Gasteiger partial charge in [-0.25, -0.2) is 4.79 Å². The lowest BCUT2D eigenvalue weighted by Gasteiger charge is -2.13. The van der Waals surface area contributed by atoms with Gasteiger partial charge < -0.3 is 25.7 Å². The number of rotatable bonds is 8. The minimum atomic E-state index is -2.03. The zero-order valence-electron chi connectivity index (χ0n) is 9.40. The largest absolute Gasteiger partial charge is 0.481 e. The Morgan fingerprint density at radius 3 is 1.58 bits per heavy atom. The van der Waals surface area contributed by atoms with Crippen molar-refractivity contribution in [1.29, 1.82) is 0 Å². The van der Waals surface area contributed by atoms with E-state index in [0.29, 0.717) is 0 Å². The Bertz CT molecular complexity index is 402. The summed E-state index contributed by atoms with van der Waals surface area (Å²) in [5.41, 5.74) is 0. The molecule has 1 atom stereocenters. The van der Waals surface area contributed by atoms with E-state index in [4.69, 9.17) is 20.4 Å². The monoisotopic (exact) mass is 277 g/mol. The number of carboxylic acids is 4. The van der Waals surface area contributed by atoms with Crippen LogP contribution in [0.2, 0.25) is 0 Å². The van der Waals surface area contributed by atoms with Crippen LogP contribution in [0.3, 0.4) is 0 Å². The topological polar surface area (TPSA) is 178 Å². The van der Waals surface area contributed by atoms with Crippen LogP contribution in [0.25, 0.3) is 0 Å². The molecule has 0 aliphatic heterocycles. The fourth-order valence-electron chi connectivity index (χ4n) is 1.09. The second-order valence-electron chi connectivity index (χ2n) is 3.49. The molecular weight excluding hydrogens is 266 g/mol. The molecule has 0 saturated carbocycles. The molecule has 0 radical (unpaired) electrons. The average molecular weight is 277 g/mol. The number of hydrogen-bond acceptors (Lipinski definition) is 5. The van der Waals surface area contributed by atoms with Crippen molar-refractivity contribution in [1.82, 2.24) is 5.32 Å². The van der Waals surface area contributed by atoms with Gasteiger partial charge in [-0.3, -0.25) is 19.2 Å². The van der Waals surface area contributed by atoms with Crippen molar-refractivity contribution in [2.75, 3.05) is 0 Å². The molecule has 10 heteroatoms. The highest BCUT2D eigenvalue weighted by atomic mass is 16.4. The maximum absolute atomic E-state index is 11.3. The Kier molecular flexibility index (Phi) is 5.97. The molecule has 1 amide bonds. The van der Waals surface area contributed by atoms with Crippen LogP contribution in [0.1, 0.15) is 12.8 Å². The van der Waals surface area contributed by atoms with Crippen LogP contribution < -0.4 is 5.32 Å². The standard InChI is InChI=1S/C9H11NO9/c11-5(1-3(7(14)15)8(16)17)10-4(9(18)19)2-6(12)13/h3-4H,1-2H2,(H,10,11)(H,12,13)(H,14,15)(H,16,17)(H,18,19)/t4-/m0/s1. The molecule has 0 aliphatic carbocycles. The first-order chi connectivity index (χ1) is 8.65. The first-order valence-corrected chi connectivity index (χ1v) is 4.84. The molecule has 5 N–H and O–H groups in total. The first-order valence-electron chi connectivity index (χ1n) is 4.84. The van der Waals surface area contributed by atoms with Crippen LogP contribution >= 0.6 is 0 Å². The summed E-state index contributed by atoms with van der Waals surface area (Å²) in [5.74, 6) is -9.83. The highest BCUT2D eigenvalue weighted by molar-refractivity contribution is 5.98. The lowest BCUT2D eigenvalue weighted by Crippen LogP contribution is -2.43. The van der Waals surface area contributed by atoms with E-state index in [2.05, 4.69) is 0 Å². The van der Waals surface area contributed by atoms with Crippen LogP contribution in [0.4, 0.5) is 0 Å². The smallest absolute Gasteiger partial charge is 0.326 e. The minimum Gasteiger partial charge on any atom is -0.481 e. The molecule has 0 unspecified atom stereocenters. The summed E-state index contributed by atoms with van der Waals surface area (Å²) in [6, 6.07) is -1.76. The third kappa shape index (κ3) is 6.00. The van der Waals surface area contributed by atoms with Crippen molar-refractivity contribution >= 4 is 29.8 Å². The molecule has 0 bridgehead atoms. The van der Waals surface area contributed by atoms with Gasteiger partial charge in [0.15, 0.2) is 5.92 Å². The lowest BCUT2D eigenvalue weighted by molar-refractivity contribution is -0.157. The van der Waals surface area contributed by atoms with Gasteiger partial charge in [0, 0.05) is 0 Å². The Balaban J connectivity index is 4.65. The second kappa shape index (κ2) is 6.93.